The Bertz CT molecular complexity index is 1450. The van der Waals surface area contributed by atoms with Crippen LogP contribution in [0.1, 0.15) is 29.7 Å². The Kier molecular flexibility index (Phi) is 4.83. The number of anilines is 2. The minimum absolute atomic E-state index is 0.00943. The van der Waals surface area contributed by atoms with Gasteiger partial charge in [-0.15, -0.1) is 0 Å². The maximum absolute atomic E-state index is 13.5. The molecule has 0 radical (unpaired) electrons. The Morgan fingerprint density at radius 1 is 1.15 bits per heavy atom. The second-order valence-electron chi connectivity index (χ2n) is 8.90. The molecule has 4 aromatic rings. The van der Waals surface area contributed by atoms with Gasteiger partial charge >= 0.3 is 0 Å². The first-order valence-corrected chi connectivity index (χ1v) is 11.3. The van der Waals surface area contributed by atoms with Gasteiger partial charge in [-0.1, -0.05) is 12.1 Å². The number of rotatable bonds is 3. The summed E-state index contributed by atoms with van der Waals surface area (Å²) in [5.41, 5.74) is 5.68. The highest BCUT2D eigenvalue weighted by Crippen LogP contribution is 2.44. The number of aromatic nitrogens is 3. The van der Waals surface area contributed by atoms with E-state index in [-0.39, 0.29) is 11.4 Å². The first kappa shape index (κ1) is 20.8. The Hall–Kier alpha value is -3.80. The van der Waals surface area contributed by atoms with Crippen LogP contribution in [0.2, 0.25) is 0 Å². The van der Waals surface area contributed by atoms with Crippen molar-refractivity contribution < 1.29 is 9.13 Å². The number of hydrogen-bond acceptors (Lipinski definition) is 6. The van der Waals surface area contributed by atoms with Gasteiger partial charge < -0.3 is 10.1 Å². The quantitative estimate of drug-likeness (QED) is 0.487. The molecule has 3 aromatic heterocycles. The minimum Gasteiger partial charge on any atom is -0.381 e. The van der Waals surface area contributed by atoms with Crippen molar-refractivity contribution in [2.75, 3.05) is 25.6 Å². The maximum Gasteiger partial charge on any atom is 0.140 e. The summed E-state index contributed by atoms with van der Waals surface area (Å²) < 4.78 is 20.9. The molecule has 0 atom stereocenters. The lowest BCUT2D eigenvalue weighted by Crippen LogP contribution is -2.43. The van der Waals surface area contributed by atoms with E-state index in [4.69, 9.17) is 9.72 Å². The second-order valence-corrected chi connectivity index (χ2v) is 8.90. The summed E-state index contributed by atoms with van der Waals surface area (Å²) in [6.45, 7) is 2.33. The number of halogens is 1. The van der Waals surface area contributed by atoms with Crippen LogP contribution in [0.25, 0.3) is 16.9 Å². The van der Waals surface area contributed by atoms with Crippen LogP contribution < -0.4 is 5.32 Å². The molecule has 0 aliphatic carbocycles. The van der Waals surface area contributed by atoms with Crippen molar-refractivity contribution in [1.82, 2.24) is 19.3 Å². The first-order valence-electron chi connectivity index (χ1n) is 11.3. The predicted molar refractivity (Wildman–Crippen MR) is 126 cm³/mol. The maximum atomic E-state index is 13.5. The van der Waals surface area contributed by atoms with Gasteiger partial charge in [0.1, 0.15) is 23.4 Å². The molecule has 0 saturated carbocycles. The van der Waals surface area contributed by atoms with Gasteiger partial charge in [-0.05, 0) is 49.7 Å². The fourth-order valence-electron chi connectivity index (χ4n) is 5.27. The van der Waals surface area contributed by atoms with Gasteiger partial charge in [0.25, 0.3) is 0 Å². The third-order valence-corrected chi connectivity index (χ3v) is 7.09. The SMILES string of the molecule is CN1Cc2nc(Nc3ccc(-c4cnc5cc(F)ccn45)cc3C#N)ccc2C12CCOCC2. The van der Waals surface area contributed by atoms with Gasteiger partial charge in [-0.25, -0.2) is 14.4 Å². The number of fused-ring (bicyclic) bond motifs is 3. The van der Waals surface area contributed by atoms with Gasteiger partial charge in [0.15, 0.2) is 0 Å². The zero-order chi connectivity index (χ0) is 23.3. The summed E-state index contributed by atoms with van der Waals surface area (Å²) >= 11 is 0. The van der Waals surface area contributed by atoms with Gasteiger partial charge in [0, 0.05) is 37.6 Å². The van der Waals surface area contributed by atoms with Crippen LogP contribution in [-0.4, -0.2) is 39.5 Å². The third kappa shape index (κ3) is 3.24. The zero-order valence-electron chi connectivity index (χ0n) is 18.8. The lowest BCUT2D eigenvalue weighted by molar-refractivity contribution is -0.0132. The molecule has 1 fully saturated rings. The van der Waals surface area contributed by atoms with Gasteiger partial charge in [0.05, 0.1) is 34.4 Å². The average Bonchev–Trinajstić information content (AvgIpc) is 3.38. The molecule has 5 heterocycles. The standard InChI is InChI=1S/C26H23FN6O/c1-32-16-22-20(26(32)7-10-34-11-8-26)3-5-24(31-22)30-21-4-2-17(12-18(21)14-28)23-15-29-25-13-19(27)6-9-33(23)25/h2-6,9,12-13,15H,7-8,10-11,16H2,1H3,(H,30,31). The fraction of sp³-hybridized carbons (Fsp3) is 0.269. The molecule has 0 amide bonds. The van der Waals surface area contributed by atoms with Gasteiger partial charge in [-0.3, -0.25) is 9.30 Å². The largest absolute Gasteiger partial charge is 0.381 e. The number of nitrogens with one attached hydrogen (secondary N) is 1. The Labute approximate surface area is 196 Å². The van der Waals surface area contributed by atoms with E-state index in [1.807, 2.05) is 24.3 Å². The molecule has 170 valence electrons. The highest BCUT2D eigenvalue weighted by atomic mass is 19.1. The molecular weight excluding hydrogens is 431 g/mol. The summed E-state index contributed by atoms with van der Waals surface area (Å²) in [6.07, 6.45) is 5.27. The Morgan fingerprint density at radius 3 is 2.82 bits per heavy atom. The Morgan fingerprint density at radius 2 is 2.00 bits per heavy atom. The summed E-state index contributed by atoms with van der Waals surface area (Å²) in [6, 6.07) is 14.8. The Balaban J connectivity index is 1.31. The summed E-state index contributed by atoms with van der Waals surface area (Å²) in [5, 5.41) is 13.2. The number of hydrogen-bond donors (Lipinski definition) is 1. The predicted octanol–water partition coefficient (Wildman–Crippen LogP) is 4.60. The van der Waals surface area contributed by atoms with E-state index in [1.54, 1.807) is 16.8 Å². The molecule has 1 saturated heterocycles. The summed E-state index contributed by atoms with van der Waals surface area (Å²) in [5.74, 6) is 0.378. The van der Waals surface area contributed by atoms with Crippen molar-refractivity contribution in [3.63, 3.8) is 0 Å². The minimum atomic E-state index is -0.335. The molecule has 0 unspecified atom stereocenters. The molecule has 1 N–H and O–H groups in total. The van der Waals surface area contributed by atoms with E-state index in [0.29, 0.717) is 22.7 Å². The van der Waals surface area contributed by atoms with Crippen molar-refractivity contribution in [2.45, 2.75) is 24.9 Å². The van der Waals surface area contributed by atoms with Crippen LogP contribution in [0.5, 0.6) is 0 Å². The highest BCUT2D eigenvalue weighted by molar-refractivity contribution is 5.73. The third-order valence-electron chi connectivity index (χ3n) is 7.09. The lowest BCUT2D eigenvalue weighted by atomic mass is 9.84. The van der Waals surface area contributed by atoms with Crippen molar-refractivity contribution in [1.29, 1.82) is 5.26 Å². The normalized spacial score (nSPS) is 17.1. The number of nitrogens with zero attached hydrogens (tertiary/aromatic N) is 5. The number of nitriles is 1. The van der Waals surface area contributed by atoms with Crippen LogP contribution in [0, 0.1) is 17.1 Å². The number of pyridine rings is 2. The van der Waals surface area contributed by atoms with Crippen LogP contribution in [0.4, 0.5) is 15.9 Å². The molecule has 0 bridgehead atoms. The smallest absolute Gasteiger partial charge is 0.140 e. The van der Waals surface area contributed by atoms with E-state index in [9.17, 15) is 9.65 Å². The summed E-state index contributed by atoms with van der Waals surface area (Å²) in [7, 11) is 2.15. The molecular formula is C26H23FN6O. The lowest BCUT2D eigenvalue weighted by Gasteiger charge is -2.40. The monoisotopic (exact) mass is 454 g/mol. The van der Waals surface area contributed by atoms with Crippen LogP contribution in [0.3, 0.4) is 0 Å². The van der Waals surface area contributed by atoms with E-state index in [1.165, 1.54) is 17.7 Å². The van der Waals surface area contributed by atoms with E-state index in [2.05, 4.69) is 34.4 Å². The average molecular weight is 455 g/mol. The van der Waals surface area contributed by atoms with E-state index in [0.717, 1.165) is 49.6 Å². The topological polar surface area (TPSA) is 78.5 Å². The van der Waals surface area contributed by atoms with Crippen molar-refractivity contribution in [3.05, 3.63) is 77.5 Å². The molecule has 34 heavy (non-hydrogen) atoms. The zero-order valence-corrected chi connectivity index (χ0v) is 18.8. The van der Waals surface area contributed by atoms with Gasteiger partial charge in [-0.2, -0.15) is 5.26 Å². The number of ether oxygens (including phenoxy) is 1. The number of benzene rings is 1. The molecule has 1 aromatic carbocycles. The van der Waals surface area contributed by atoms with Crippen molar-refractivity contribution in [3.8, 4) is 17.3 Å². The van der Waals surface area contributed by atoms with E-state index < -0.39 is 0 Å². The fourth-order valence-corrected chi connectivity index (χ4v) is 5.27. The highest BCUT2D eigenvalue weighted by Gasteiger charge is 2.44. The van der Waals surface area contributed by atoms with Crippen LogP contribution in [-0.2, 0) is 16.8 Å². The molecule has 1 spiro atoms. The van der Waals surface area contributed by atoms with Crippen molar-refractivity contribution >= 4 is 17.2 Å². The first-order chi connectivity index (χ1) is 16.6. The molecule has 7 nitrogen and oxygen atoms in total. The number of imidazole rings is 1. The second kappa shape index (κ2) is 7.90. The van der Waals surface area contributed by atoms with Gasteiger partial charge in [0.2, 0.25) is 0 Å². The summed E-state index contributed by atoms with van der Waals surface area (Å²) in [4.78, 5) is 11.6. The van der Waals surface area contributed by atoms with E-state index >= 15 is 0 Å². The van der Waals surface area contributed by atoms with Crippen LogP contribution in [0.15, 0.2) is 54.9 Å². The molecule has 2 aliphatic heterocycles. The molecule has 8 heteroatoms. The van der Waals surface area contributed by atoms with Crippen molar-refractivity contribution in [2.24, 2.45) is 0 Å². The molecule has 2 aliphatic rings. The molecule has 6 rings (SSSR count). The van der Waals surface area contributed by atoms with Crippen LogP contribution >= 0.6 is 0 Å².